The second-order valence-electron chi connectivity index (χ2n) is 3.98. The van der Waals surface area contributed by atoms with Crippen molar-refractivity contribution < 1.29 is 18.0 Å². The van der Waals surface area contributed by atoms with Crippen molar-refractivity contribution in [3.8, 4) is 0 Å². The number of hydrogen-bond acceptors (Lipinski definition) is 3. The third-order valence-electron chi connectivity index (χ3n) is 2.52. The summed E-state index contributed by atoms with van der Waals surface area (Å²) in [5.41, 5.74) is -0.222. The molecule has 0 atom stereocenters. The maximum absolute atomic E-state index is 12.5. The molecule has 2 rings (SSSR count). The predicted octanol–water partition coefficient (Wildman–Crippen LogP) is 2.43. The molecule has 4 nitrogen and oxygen atoms in total. The van der Waals surface area contributed by atoms with Gasteiger partial charge in [-0.05, 0) is 23.8 Å². The maximum atomic E-state index is 12.5. The van der Waals surface area contributed by atoms with Crippen LogP contribution in [0.2, 0.25) is 0 Å². The fourth-order valence-corrected chi connectivity index (χ4v) is 1.56. The largest absolute Gasteiger partial charge is 0.416 e. The molecule has 1 amide bonds. The number of nitrogens with one attached hydrogen (secondary N) is 1. The van der Waals surface area contributed by atoms with Crippen LogP contribution in [-0.2, 0) is 12.7 Å². The number of halogens is 3. The van der Waals surface area contributed by atoms with Gasteiger partial charge in [-0.15, -0.1) is 0 Å². The van der Waals surface area contributed by atoms with Gasteiger partial charge in [0.1, 0.15) is 12.0 Å². The number of hydrogen-bond donors (Lipinski definition) is 1. The van der Waals surface area contributed by atoms with E-state index in [1.54, 1.807) is 0 Å². The molecule has 104 valence electrons. The van der Waals surface area contributed by atoms with Gasteiger partial charge < -0.3 is 5.32 Å². The standard InChI is InChI=1S/C13H10F3N3O/c14-13(15,16)10-3-1-2-9(6-10)7-18-12(20)11-4-5-17-8-19-11/h1-6,8H,7H2,(H,18,20). The van der Waals surface area contributed by atoms with Crippen molar-refractivity contribution in [2.24, 2.45) is 0 Å². The van der Waals surface area contributed by atoms with Gasteiger partial charge in [0.2, 0.25) is 0 Å². The van der Waals surface area contributed by atoms with Crippen LogP contribution >= 0.6 is 0 Å². The molecule has 1 aromatic carbocycles. The average Bonchev–Trinajstić information content (AvgIpc) is 2.45. The van der Waals surface area contributed by atoms with Crippen LogP contribution in [0, 0.1) is 0 Å². The molecule has 7 heteroatoms. The Bertz CT molecular complexity index is 599. The van der Waals surface area contributed by atoms with E-state index in [1.807, 2.05) is 0 Å². The van der Waals surface area contributed by atoms with Crippen molar-refractivity contribution in [2.45, 2.75) is 12.7 Å². The highest BCUT2D eigenvalue weighted by molar-refractivity contribution is 5.91. The van der Waals surface area contributed by atoms with Gasteiger partial charge in [0.05, 0.1) is 5.56 Å². The molecule has 1 heterocycles. The van der Waals surface area contributed by atoms with Crippen LogP contribution in [-0.4, -0.2) is 15.9 Å². The number of rotatable bonds is 3. The fraction of sp³-hybridized carbons (Fsp3) is 0.154. The zero-order valence-electron chi connectivity index (χ0n) is 10.2. The van der Waals surface area contributed by atoms with Gasteiger partial charge in [-0.2, -0.15) is 13.2 Å². The first-order chi connectivity index (χ1) is 9.47. The Kier molecular flexibility index (Phi) is 3.97. The molecular formula is C13H10F3N3O. The van der Waals surface area contributed by atoms with Crippen molar-refractivity contribution in [3.63, 3.8) is 0 Å². The van der Waals surface area contributed by atoms with Crippen LogP contribution in [0.25, 0.3) is 0 Å². The van der Waals surface area contributed by atoms with Gasteiger partial charge in [0.15, 0.2) is 0 Å². The molecule has 1 aromatic heterocycles. The van der Waals surface area contributed by atoms with Crippen LogP contribution in [0.5, 0.6) is 0 Å². The number of alkyl halides is 3. The summed E-state index contributed by atoms with van der Waals surface area (Å²) in [5, 5.41) is 2.50. The number of carbonyl (C=O) groups excluding carboxylic acids is 1. The van der Waals surface area contributed by atoms with Gasteiger partial charge >= 0.3 is 6.18 Å². The van der Waals surface area contributed by atoms with Crippen molar-refractivity contribution in [3.05, 3.63) is 59.7 Å². The Morgan fingerprint density at radius 2 is 2.05 bits per heavy atom. The lowest BCUT2D eigenvalue weighted by molar-refractivity contribution is -0.137. The van der Waals surface area contributed by atoms with Crippen molar-refractivity contribution in [1.82, 2.24) is 15.3 Å². The highest BCUT2D eigenvalue weighted by Gasteiger charge is 2.30. The summed E-state index contributed by atoms with van der Waals surface area (Å²) in [6.45, 7) is -0.00719. The number of benzene rings is 1. The fourth-order valence-electron chi connectivity index (χ4n) is 1.56. The summed E-state index contributed by atoms with van der Waals surface area (Å²) in [4.78, 5) is 19.1. The predicted molar refractivity (Wildman–Crippen MR) is 64.6 cm³/mol. The third-order valence-corrected chi connectivity index (χ3v) is 2.52. The number of nitrogens with zero attached hydrogens (tertiary/aromatic N) is 2. The van der Waals surface area contributed by atoms with E-state index >= 15 is 0 Å². The second kappa shape index (κ2) is 5.68. The van der Waals surface area contributed by atoms with Crippen LogP contribution in [0.1, 0.15) is 21.6 Å². The van der Waals surface area contributed by atoms with Crippen LogP contribution in [0.15, 0.2) is 42.9 Å². The number of aromatic nitrogens is 2. The Morgan fingerprint density at radius 1 is 1.25 bits per heavy atom. The van der Waals surface area contributed by atoms with Gasteiger partial charge in [-0.1, -0.05) is 12.1 Å². The molecule has 0 spiro atoms. The SMILES string of the molecule is O=C(NCc1cccc(C(F)(F)F)c1)c1ccncn1. The van der Waals surface area contributed by atoms with E-state index in [4.69, 9.17) is 0 Å². The summed E-state index contributed by atoms with van der Waals surface area (Å²) >= 11 is 0. The lowest BCUT2D eigenvalue weighted by Crippen LogP contribution is -2.24. The van der Waals surface area contributed by atoms with Gasteiger partial charge in [0, 0.05) is 12.7 Å². The van der Waals surface area contributed by atoms with E-state index < -0.39 is 17.6 Å². The zero-order valence-corrected chi connectivity index (χ0v) is 10.2. The maximum Gasteiger partial charge on any atom is 0.416 e. The Hall–Kier alpha value is -2.44. The minimum Gasteiger partial charge on any atom is -0.347 e. The summed E-state index contributed by atoms with van der Waals surface area (Å²) in [6, 6.07) is 6.21. The molecule has 1 N–H and O–H groups in total. The van der Waals surface area contributed by atoms with Crippen molar-refractivity contribution in [2.75, 3.05) is 0 Å². The summed E-state index contributed by atoms with van der Waals surface area (Å²) < 4.78 is 37.6. The summed E-state index contributed by atoms with van der Waals surface area (Å²) in [7, 11) is 0. The van der Waals surface area contributed by atoms with E-state index in [0.29, 0.717) is 5.56 Å². The smallest absolute Gasteiger partial charge is 0.347 e. The summed E-state index contributed by atoms with van der Waals surface area (Å²) in [5.74, 6) is -0.468. The van der Waals surface area contributed by atoms with Crippen LogP contribution < -0.4 is 5.32 Å². The summed E-state index contributed by atoms with van der Waals surface area (Å²) in [6.07, 6.45) is -1.77. The molecule has 0 aliphatic heterocycles. The first-order valence-corrected chi connectivity index (χ1v) is 5.67. The Morgan fingerprint density at radius 3 is 2.70 bits per heavy atom. The van der Waals surface area contributed by atoms with Crippen LogP contribution in [0.3, 0.4) is 0 Å². The first kappa shape index (κ1) is 14.0. The molecule has 0 aliphatic carbocycles. The van der Waals surface area contributed by atoms with Gasteiger partial charge in [0.25, 0.3) is 5.91 Å². The van der Waals surface area contributed by atoms with Crippen molar-refractivity contribution in [1.29, 1.82) is 0 Å². The molecule has 0 fully saturated rings. The second-order valence-corrected chi connectivity index (χ2v) is 3.98. The highest BCUT2D eigenvalue weighted by Crippen LogP contribution is 2.29. The Balaban J connectivity index is 2.03. The molecule has 0 saturated heterocycles. The molecule has 0 aliphatic rings. The lowest BCUT2D eigenvalue weighted by Gasteiger charge is -2.09. The minimum atomic E-state index is -4.40. The molecule has 20 heavy (non-hydrogen) atoms. The van der Waals surface area contributed by atoms with E-state index in [9.17, 15) is 18.0 Å². The van der Waals surface area contributed by atoms with Crippen molar-refractivity contribution >= 4 is 5.91 Å². The zero-order chi connectivity index (χ0) is 14.6. The molecule has 0 saturated carbocycles. The lowest BCUT2D eigenvalue weighted by atomic mass is 10.1. The number of carbonyl (C=O) groups is 1. The molecule has 0 radical (unpaired) electrons. The normalized spacial score (nSPS) is 11.2. The van der Waals surface area contributed by atoms with E-state index in [-0.39, 0.29) is 12.2 Å². The first-order valence-electron chi connectivity index (χ1n) is 5.67. The highest BCUT2D eigenvalue weighted by atomic mass is 19.4. The van der Waals surface area contributed by atoms with Crippen LogP contribution in [0.4, 0.5) is 13.2 Å². The topological polar surface area (TPSA) is 54.9 Å². The third kappa shape index (κ3) is 3.53. The molecular weight excluding hydrogens is 271 g/mol. The average molecular weight is 281 g/mol. The van der Waals surface area contributed by atoms with Gasteiger partial charge in [-0.25, -0.2) is 9.97 Å². The molecule has 2 aromatic rings. The quantitative estimate of drug-likeness (QED) is 0.940. The van der Waals surface area contributed by atoms with Gasteiger partial charge in [-0.3, -0.25) is 4.79 Å². The monoisotopic (exact) mass is 281 g/mol. The Labute approximate surface area is 112 Å². The number of amides is 1. The molecule has 0 unspecified atom stereocenters. The van der Waals surface area contributed by atoms with E-state index in [2.05, 4.69) is 15.3 Å². The minimum absolute atomic E-state index is 0.00719. The van der Waals surface area contributed by atoms with E-state index in [1.165, 1.54) is 30.7 Å². The van der Waals surface area contributed by atoms with E-state index in [0.717, 1.165) is 12.1 Å². The molecule has 0 bridgehead atoms.